The van der Waals surface area contributed by atoms with Gasteiger partial charge in [-0.3, -0.25) is 0 Å². The zero-order valence-corrected chi connectivity index (χ0v) is 15.4. The smallest absolute Gasteiger partial charge is 0.203 e. The third-order valence-corrected chi connectivity index (χ3v) is 9.12. The van der Waals surface area contributed by atoms with E-state index in [0.29, 0.717) is 24.8 Å². The Kier molecular flexibility index (Phi) is 3.20. The van der Waals surface area contributed by atoms with E-state index >= 15 is 0 Å². The monoisotopic (exact) mass is 366 g/mol. The first-order chi connectivity index (χ1) is 12.1. The second kappa shape index (κ2) is 4.73. The summed E-state index contributed by atoms with van der Waals surface area (Å²) in [4.78, 5) is 0. The maximum Gasteiger partial charge on any atom is 0.203 e. The Morgan fingerprint density at radius 2 is 1.73 bits per heavy atom. The highest BCUT2D eigenvalue weighted by Crippen LogP contribution is 2.77. The third kappa shape index (κ3) is 1.45. The van der Waals surface area contributed by atoms with Crippen molar-refractivity contribution in [2.45, 2.75) is 69.7 Å². The average molecular weight is 366 g/mol. The average Bonchev–Trinajstić information content (AvgIpc) is 2.69. The van der Waals surface area contributed by atoms with E-state index in [1.807, 2.05) is 0 Å². The molecule has 6 heteroatoms. The molecule has 10 atom stereocenters. The molecule has 6 aliphatic rings. The van der Waals surface area contributed by atoms with E-state index < -0.39 is 41.0 Å². The Hall–Kier alpha value is -0.500. The molecule has 2 saturated heterocycles. The van der Waals surface area contributed by atoms with Crippen molar-refractivity contribution in [1.82, 2.24) is 0 Å². The van der Waals surface area contributed by atoms with Gasteiger partial charge < -0.3 is 30.3 Å². The molecule has 2 aliphatic heterocycles. The van der Waals surface area contributed by atoms with Gasteiger partial charge in [0.2, 0.25) is 5.79 Å². The summed E-state index contributed by atoms with van der Waals surface area (Å²) in [6.45, 7) is 8.25. The van der Waals surface area contributed by atoms with Crippen LogP contribution in [0.4, 0.5) is 0 Å². The number of aliphatic hydroxyl groups excluding tert-OH is 4. The van der Waals surface area contributed by atoms with Crippen LogP contribution in [0.25, 0.3) is 0 Å². The van der Waals surface area contributed by atoms with Gasteiger partial charge in [-0.25, -0.2) is 0 Å². The molecule has 0 amide bonds. The molecule has 6 rings (SSSR count). The summed E-state index contributed by atoms with van der Waals surface area (Å²) in [5.74, 6) is -3.06. The van der Waals surface area contributed by atoms with Crippen molar-refractivity contribution >= 4 is 0 Å². The lowest BCUT2D eigenvalue weighted by molar-refractivity contribution is -0.476. The number of hydrogen-bond acceptors (Lipinski definition) is 6. The van der Waals surface area contributed by atoms with Gasteiger partial charge >= 0.3 is 0 Å². The Labute approximate surface area is 153 Å². The Balaban J connectivity index is 1.80. The molecule has 6 nitrogen and oxygen atoms in total. The summed E-state index contributed by atoms with van der Waals surface area (Å²) in [7, 11) is 0. The minimum atomic E-state index is -2.05. The van der Waals surface area contributed by atoms with Crippen LogP contribution in [0.1, 0.15) is 39.5 Å². The summed E-state index contributed by atoms with van der Waals surface area (Å²) >= 11 is 0. The zero-order valence-electron chi connectivity index (χ0n) is 15.4. The molecule has 4 saturated carbocycles. The molecule has 4 bridgehead atoms. The number of fused-ring (bicyclic) bond motifs is 2. The SMILES string of the molecule is C=C1[C@@H](O)[C@]23[C@H](O)[C@H]1CC[C@H]2[C@@]12CO[C@@]3(O)[C@@H](O)[C@@H]1C(C)(C)CC[C@@H]2O. The first-order valence-electron chi connectivity index (χ1n) is 9.84. The Morgan fingerprint density at radius 3 is 2.42 bits per heavy atom. The minimum absolute atomic E-state index is 0.138. The van der Waals surface area contributed by atoms with E-state index in [2.05, 4.69) is 20.4 Å². The van der Waals surface area contributed by atoms with Crippen LogP contribution in [0, 0.1) is 34.0 Å². The molecule has 5 N–H and O–H groups in total. The van der Waals surface area contributed by atoms with Gasteiger partial charge in [0.25, 0.3) is 0 Å². The highest BCUT2D eigenvalue weighted by atomic mass is 16.6. The number of hydrogen-bond donors (Lipinski definition) is 5. The fourth-order valence-electron chi connectivity index (χ4n) is 8.15. The molecule has 0 aromatic carbocycles. The third-order valence-electron chi connectivity index (χ3n) is 9.12. The van der Waals surface area contributed by atoms with Crippen LogP contribution in [-0.2, 0) is 4.74 Å². The molecular formula is C20H30O6. The lowest BCUT2D eigenvalue weighted by Gasteiger charge is -2.75. The van der Waals surface area contributed by atoms with Crippen molar-refractivity contribution in [2.75, 3.05) is 6.61 Å². The minimum Gasteiger partial charge on any atom is -0.392 e. The maximum atomic E-state index is 11.7. The topological polar surface area (TPSA) is 110 Å². The van der Waals surface area contributed by atoms with Gasteiger partial charge in [0, 0.05) is 17.3 Å². The largest absolute Gasteiger partial charge is 0.392 e. The van der Waals surface area contributed by atoms with Crippen molar-refractivity contribution in [3.05, 3.63) is 12.2 Å². The fourth-order valence-corrected chi connectivity index (χ4v) is 8.15. The Morgan fingerprint density at radius 1 is 1.04 bits per heavy atom. The number of ether oxygens (including phenoxy) is 1. The summed E-state index contributed by atoms with van der Waals surface area (Å²) < 4.78 is 5.86. The van der Waals surface area contributed by atoms with E-state index in [4.69, 9.17) is 4.74 Å². The normalized spacial score (nSPS) is 62.7. The standard InChI is InChI=1S/C20H30O6/c1-9-10-4-5-11-18-8-26-20(25,19(11,14(9)22)15(10)23)16(24)13(18)17(2,3)7-6-12(18)21/h10-16,21-25H,1,4-8H2,2-3H3/t10-,11-,12-,13+,14+,15+,16-,18+,19-,20-/m0/s1. The van der Waals surface area contributed by atoms with E-state index in [1.54, 1.807) is 0 Å². The van der Waals surface area contributed by atoms with E-state index in [9.17, 15) is 25.5 Å². The molecule has 2 spiro atoms. The van der Waals surface area contributed by atoms with Crippen LogP contribution in [-0.4, -0.2) is 62.3 Å². The lowest BCUT2D eigenvalue weighted by Crippen LogP contribution is -2.86. The highest BCUT2D eigenvalue weighted by Gasteiger charge is 2.86. The summed E-state index contributed by atoms with van der Waals surface area (Å²) in [5.41, 5.74) is -2.01. The van der Waals surface area contributed by atoms with Crippen molar-refractivity contribution < 1.29 is 30.3 Å². The van der Waals surface area contributed by atoms with Crippen LogP contribution >= 0.6 is 0 Å². The molecule has 2 heterocycles. The Bertz CT molecular complexity index is 677. The predicted molar refractivity (Wildman–Crippen MR) is 91.7 cm³/mol. The first-order valence-corrected chi connectivity index (χ1v) is 9.84. The van der Waals surface area contributed by atoms with Gasteiger partial charge in [0.1, 0.15) is 6.10 Å². The number of rotatable bonds is 0. The molecule has 26 heavy (non-hydrogen) atoms. The quantitative estimate of drug-likeness (QED) is 0.391. The van der Waals surface area contributed by atoms with Gasteiger partial charge in [-0.05, 0) is 42.6 Å². The molecule has 0 unspecified atom stereocenters. The molecule has 0 radical (unpaired) electrons. The summed E-state index contributed by atoms with van der Waals surface area (Å²) in [6.07, 6.45) is -1.53. The van der Waals surface area contributed by atoms with Gasteiger partial charge in [-0.15, -0.1) is 0 Å². The summed E-state index contributed by atoms with van der Waals surface area (Å²) in [5, 5.41) is 56.5. The second-order valence-electron chi connectivity index (χ2n) is 10.2. The van der Waals surface area contributed by atoms with Crippen molar-refractivity contribution in [3.63, 3.8) is 0 Å². The van der Waals surface area contributed by atoms with Crippen molar-refractivity contribution in [2.24, 2.45) is 34.0 Å². The molecule has 6 fully saturated rings. The van der Waals surface area contributed by atoms with Crippen molar-refractivity contribution in [1.29, 1.82) is 0 Å². The second-order valence-corrected chi connectivity index (χ2v) is 10.2. The molecule has 0 aromatic rings. The van der Waals surface area contributed by atoms with Gasteiger partial charge in [-0.1, -0.05) is 20.4 Å². The lowest BCUT2D eigenvalue weighted by atomic mass is 9.35. The van der Waals surface area contributed by atoms with E-state index in [0.717, 1.165) is 6.42 Å². The van der Waals surface area contributed by atoms with Gasteiger partial charge in [0.15, 0.2) is 0 Å². The number of aliphatic hydroxyl groups is 5. The predicted octanol–water partition coefficient (Wildman–Crippen LogP) is 0.167. The van der Waals surface area contributed by atoms with Crippen LogP contribution < -0.4 is 0 Å². The van der Waals surface area contributed by atoms with Gasteiger partial charge in [0.05, 0.1) is 30.3 Å². The summed E-state index contributed by atoms with van der Waals surface area (Å²) in [6, 6.07) is 0. The molecule has 4 aliphatic carbocycles. The van der Waals surface area contributed by atoms with Gasteiger partial charge in [-0.2, -0.15) is 0 Å². The maximum absolute atomic E-state index is 11.7. The van der Waals surface area contributed by atoms with Crippen molar-refractivity contribution in [3.8, 4) is 0 Å². The molecule has 0 aromatic heterocycles. The highest BCUT2D eigenvalue weighted by molar-refractivity contribution is 5.37. The van der Waals surface area contributed by atoms with Crippen LogP contribution in [0.5, 0.6) is 0 Å². The van der Waals surface area contributed by atoms with E-state index in [1.165, 1.54) is 0 Å². The fraction of sp³-hybridized carbons (Fsp3) is 0.900. The van der Waals surface area contributed by atoms with E-state index in [-0.39, 0.29) is 29.8 Å². The zero-order chi connectivity index (χ0) is 18.9. The first kappa shape index (κ1) is 17.6. The molecule has 146 valence electrons. The van der Waals surface area contributed by atoms with Crippen LogP contribution in [0.2, 0.25) is 0 Å². The van der Waals surface area contributed by atoms with Crippen LogP contribution in [0.3, 0.4) is 0 Å². The molecular weight excluding hydrogens is 336 g/mol. The van der Waals surface area contributed by atoms with Crippen LogP contribution in [0.15, 0.2) is 12.2 Å².